The Labute approximate surface area is 152 Å². The Hall–Kier alpha value is -2.60. The van der Waals surface area contributed by atoms with E-state index in [-0.39, 0.29) is 11.7 Å². The van der Waals surface area contributed by atoms with E-state index in [1.165, 1.54) is 0 Å². The Balaban J connectivity index is 2.10. The molecule has 2 aromatic heterocycles. The highest BCUT2D eigenvalue weighted by Gasteiger charge is 2.28. The predicted molar refractivity (Wildman–Crippen MR) is 101 cm³/mol. The molecule has 0 unspecified atom stereocenters. The topological polar surface area (TPSA) is 82.4 Å². The van der Waals surface area contributed by atoms with Crippen LogP contribution in [0.3, 0.4) is 0 Å². The molecule has 0 aliphatic carbocycles. The van der Waals surface area contributed by atoms with Crippen molar-refractivity contribution in [2.24, 2.45) is 5.92 Å². The van der Waals surface area contributed by atoms with Crippen LogP contribution >= 0.6 is 0 Å². The maximum Gasteiger partial charge on any atom is 0.358 e. The monoisotopic (exact) mass is 355 g/mol. The van der Waals surface area contributed by atoms with Gasteiger partial charge in [-0.05, 0) is 32.5 Å². The molecule has 1 aromatic carbocycles. The number of hydrogen-bond acceptors (Lipinski definition) is 4. The normalized spacial score (nSPS) is 14.0. The molecule has 0 bridgehead atoms. The van der Waals surface area contributed by atoms with E-state index in [9.17, 15) is 9.90 Å². The summed E-state index contributed by atoms with van der Waals surface area (Å²) < 4.78 is 6.04. The smallest absolute Gasteiger partial charge is 0.358 e. The molecule has 26 heavy (non-hydrogen) atoms. The lowest BCUT2D eigenvalue weighted by Crippen LogP contribution is -2.22. The third kappa shape index (κ3) is 3.37. The molecule has 6 heteroatoms. The number of rotatable bonds is 7. The van der Waals surface area contributed by atoms with Crippen LogP contribution < -0.4 is 0 Å². The second-order valence-corrected chi connectivity index (χ2v) is 7.01. The lowest BCUT2D eigenvalue weighted by Gasteiger charge is -2.23. The van der Waals surface area contributed by atoms with Gasteiger partial charge in [-0.15, -0.1) is 0 Å². The zero-order valence-corrected chi connectivity index (χ0v) is 15.6. The molecule has 0 radical (unpaired) electrons. The zero-order valence-electron chi connectivity index (χ0n) is 15.6. The Morgan fingerprint density at radius 3 is 2.73 bits per heavy atom. The van der Waals surface area contributed by atoms with Gasteiger partial charge in [0.1, 0.15) is 0 Å². The molecular weight excluding hydrogens is 330 g/mol. The first-order valence-electron chi connectivity index (χ1n) is 8.89. The van der Waals surface area contributed by atoms with Gasteiger partial charge >= 0.3 is 5.97 Å². The van der Waals surface area contributed by atoms with Crippen LogP contribution in [0.1, 0.15) is 49.1 Å². The molecule has 2 atom stereocenters. The molecule has 0 amide bonds. The molecule has 3 rings (SSSR count). The van der Waals surface area contributed by atoms with Gasteiger partial charge in [0.15, 0.2) is 11.5 Å². The van der Waals surface area contributed by atoms with Crippen molar-refractivity contribution in [2.45, 2.75) is 32.7 Å². The van der Waals surface area contributed by atoms with Crippen LogP contribution in [0.15, 0.2) is 34.9 Å². The number of carboxylic acids is 1. The molecule has 6 nitrogen and oxygen atoms in total. The first kappa shape index (κ1) is 18.2. The quantitative estimate of drug-likeness (QED) is 0.649. The van der Waals surface area contributed by atoms with Gasteiger partial charge < -0.3 is 14.5 Å². The Kier molecular flexibility index (Phi) is 5.13. The zero-order chi connectivity index (χ0) is 18.8. The number of nitrogens with one attached hydrogen (secondary N) is 1. The Morgan fingerprint density at radius 1 is 1.35 bits per heavy atom. The second kappa shape index (κ2) is 7.33. The van der Waals surface area contributed by atoms with Gasteiger partial charge in [0.25, 0.3) is 0 Å². The lowest BCUT2D eigenvalue weighted by atomic mass is 9.98. The van der Waals surface area contributed by atoms with Gasteiger partial charge in [-0.2, -0.15) is 0 Å². The third-order valence-corrected chi connectivity index (χ3v) is 4.91. The number of H-pyrrole nitrogens is 1. The highest BCUT2D eigenvalue weighted by Crippen LogP contribution is 2.35. The Bertz CT molecular complexity index is 910. The van der Waals surface area contributed by atoms with Gasteiger partial charge in [0.05, 0.1) is 6.04 Å². The van der Waals surface area contributed by atoms with E-state index in [1.807, 2.05) is 43.3 Å². The van der Waals surface area contributed by atoms with Crippen LogP contribution in [0.2, 0.25) is 0 Å². The molecular formula is C20H25N3O3. The van der Waals surface area contributed by atoms with Crippen molar-refractivity contribution in [1.82, 2.24) is 14.9 Å². The summed E-state index contributed by atoms with van der Waals surface area (Å²) in [6.45, 7) is 4.32. The van der Waals surface area contributed by atoms with Crippen LogP contribution in [0.25, 0.3) is 22.2 Å². The number of carboxylic acid groups (broad SMARTS) is 1. The molecule has 138 valence electrons. The van der Waals surface area contributed by atoms with E-state index in [4.69, 9.17) is 4.42 Å². The number of benzene rings is 1. The van der Waals surface area contributed by atoms with Crippen molar-refractivity contribution in [3.8, 4) is 11.3 Å². The number of aromatic amines is 1. The minimum atomic E-state index is -1.08. The molecule has 2 N–H and O–H groups in total. The first-order chi connectivity index (χ1) is 12.4. The first-order valence-corrected chi connectivity index (χ1v) is 8.89. The molecule has 3 aromatic rings. The van der Waals surface area contributed by atoms with Gasteiger partial charge in [0, 0.05) is 22.7 Å². The summed E-state index contributed by atoms with van der Waals surface area (Å²) in [5, 5.41) is 10.6. The summed E-state index contributed by atoms with van der Waals surface area (Å²) in [6.07, 6.45) is 3.68. The van der Waals surface area contributed by atoms with E-state index < -0.39 is 5.97 Å². The van der Waals surface area contributed by atoms with Crippen LogP contribution in [0.5, 0.6) is 0 Å². The molecule has 0 aliphatic rings. The average Bonchev–Trinajstić information content (AvgIpc) is 3.23. The van der Waals surface area contributed by atoms with Crippen LogP contribution in [0, 0.1) is 5.92 Å². The van der Waals surface area contributed by atoms with Crippen molar-refractivity contribution in [2.75, 3.05) is 14.1 Å². The highest BCUT2D eigenvalue weighted by molar-refractivity contribution is 6.00. The number of aromatic nitrogens is 2. The fraction of sp³-hybridized carbons (Fsp3) is 0.400. The molecule has 0 saturated carbocycles. The van der Waals surface area contributed by atoms with Gasteiger partial charge in [0.2, 0.25) is 5.89 Å². The summed E-state index contributed by atoms with van der Waals surface area (Å²) in [5.74, 6) is 0.161. The fourth-order valence-electron chi connectivity index (χ4n) is 3.15. The molecule has 0 fully saturated rings. The highest BCUT2D eigenvalue weighted by atomic mass is 16.4. The van der Waals surface area contributed by atoms with E-state index >= 15 is 0 Å². The average molecular weight is 355 g/mol. The van der Waals surface area contributed by atoms with Crippen molar-refractivity contribution in [3.63, 3.8) is 0 Å². The van der Waals surface area contributed by atoms with E-state index in [0.29, 0.717) is 17.6 Å². The maximum atomic E-state index is 11.8. The number of nitrogens with zero attached hydrogens (tertiary/aromatic N) is 2. The number of aromatic carboxylic acids is 1. The van der Waals surface area contributed by atoms with E-state index in [1.54, 1.807) is 6.20 Å². The van der Waals surface area contributed by atoms with Gasteiger partial charge in [-0.1, -0.05) is 38.5 Å². The summed E-state index contributed by atoms with van der Waals surface area (Å²) in [6, 6.07) is 7.67. The predicted octanol–water partition coefficient (Wildman–Crippen LogP) is 4.56. The summed E-state index contributed by atoms with van der Waals surface area (Å²) >= 11 is 0. The molecule has 0 saturated heterocycles. The van der Waals surface area contributed by atoms with E-state index in [2.05, 4.69) is 23.8 Å². The maximum absolute atomic E-state index is 11.8. The molecule has 2 heterocycles. The summed E-state index contributed by atoms with van der Waals surface area (Å²) in [7, 11) is 3.92. The number of fused-ring (bicyclic) bond motifs is 1. The largest absolute Gasteiger partial charge is 0.476 e. The Morgan fingerprint density at radius 2 is 2.08 bits per heavy atom. The number of carbonyl (C=O) groups is 1. The van der Waals surface area contributed by atoms with Crippen molar-refractivity contribution >= 4 is 16.9 Å². The lowest BCUT2D eigenvalue weighted by molar-refractivity contribution is 0.0691. The number of oxazole rings is 1. The minimum Gasteiger partial charge on any atom is -0.476 e. The fourth-order valence-corrected chi connectivity index (χ4v) is 3.15. The minimum absolute atomic E-state index is 0.0410. The van der Waals surface area contributed by atoms with E-state index in [0.717, 1.165) is 29.3 Å². The number of hydrogen-bond donors (Lipinski definition) is 2. The van der Waals surface area contributed by atoms with Crippen molar-refractivity contribution in [1.29, 1.82) is 0 Å². The summed E-state index contributed by atoms with van der Waals surface area (Å²) in [5.41, 5.74) is 1.61. The molecule has 0 spiro atoms. The van der Waals surface area contributed by atoms with Gasteiger partial charge in [-0.3, -0.25) is 4.90 Å². The van der Waals surface area contributed by atoms with Crippen molar-refractivity contribution < 1.29 is 14.3 Å². The van der Waals surface area contributed by atoms with Gasteiger partial charge in [-0.25, -0.2) is 9.78 Å². The van der Waals surface area contributed by atoms with Crippen LogP contribution in [0.4, 0.5) is 0 Å². The second-order valence-electron chi connectivity index (χ2n) is 7.01. The van der Waals surface area contributed by atoms with Crippen molar-refractivity contribution in [3.05, 3.63) is 42.0 Å². The standard InChI is InChI=1S/C20H25N3O3/c1-5-12(2)10-16(23(3)4)19-22-17(20(24)25)18(26-19)14-11-21-15-9-7-6-8-13(14)15/h6-9,11-12,16,21H,5,10H2,1-4H3,(H,24,25)/t12-,16-/m1/s1. The summed E-state index contributed by atoms with van der Waals surface area (Å²) in [4.78, 5) is 21.3. The number of para-hydroxylation sites is 1. The van der Waals surface area contributed by atoms with Crippen LogP contribution in [-0.4, -0.2) is 40.0 Å². The van der Waals surface area contributed by atoms with Crippen LogP contribution in [-0.2, 0) is 0 Å². The third-order valence-electron chi connectivity index (χ3n) is 4.91. The molecule has 0 aliphatic heterocycles. The SMILES string of the molecule is CC[C@@H](C)C[C@H](c1nc(C(=O)O)c(-c2c[nH]c3ccccc23)o1)N(C)C.